The number of benzene rings is 2. The van der Waals surface area contributed by atoms with Crippen molar-refractivity contribution in [1.29, 1.82) is 0 Å². The van der Waals surface area contributed by atoms with Crippen molar-refractivity contribution in [2.75, 3.05) is 7.05 Å². The Kier molecular flexibility index (Phi) is 6.13. The van der Waals surface area contributed by atoms with Gasteiger partial charge in [0.05, 0.1) is 6.04 Å². The molecule has 0 unspecified atom stereocenters. The molecule has 116 valence electrons. The van der Waals surface area contributed by atoms with Gasteiger partial charge in [-0.3, -0.25) is 4.79 Å². The lowest BCUT2D eigenvalue weighted by Crippen LogP contribution is -2.43. The Morgan fingerprint density at radius 3 is 2.23 bits per heavy atom. The van der Waals surface area contributed by atoms with Crippen molar-refractivity contribution in [2.24, 2.45) is 5.73 Å². The van der Waals surface area contributed by atoms with Crippen molar-refractivity contribution in [3.63, 3.8) is 0 Å². The predicted molar refractivity (Wildman–Crippen MR) is 89.2 cm³/mol. The number of rotatable bonds is 7. The van der Waals surface area contributed by atoms with Crippen LogP contribution in [0.3, 0.4) is 0 Å². The molecule has 4 heteroatoms. The molecule has 0 aliphatic carbocycles. The van der Waals surface area contributed by atoms with Gasteiger partial charge in [0.15, 0.2) is 0 Å². The molecule has 4 nitrogen and oxygen atoms in total. The summed E-state index contributed by atoms with van der Waals surface area (Å²) in [7, 11) is 1.81. The van der Waals surface area contributed by atoms with Crippen LogP contribution < -0.4 is 16.4 Å². The Labute approximate surface area is 131 Å². The van der Waals surface area contributed by atoms with Crippen LogP contribution in [0.2, 0.25) is 0 Å². The lowest BCUT2D eigenvalue weighted by molar-refractivity contribution is -0.123. The highest BCUT2D eigenvalue weighted by Gasteiger charge is 2.16. The van der Waals surface area contributed by atoms with Crippen molar-refractivity contribution in [3.05, 3.63) is 71.3 Å². The SMILES string of the molecule is CN[C@@H](Cc1ccccc1)C(=O)NCc1ccc(CN)cc1. The number of hydrogen-bond acceptors (Lipinski definition) is 3. The Balaban J connectivity index is 1.88. The Bertz CT molecular complexity index is 581. The molecule has 0 saturated heterocycles. The average molecular weight is 297 g/mol. The molecule has 0 saturated carbocycles. The normalized spacial score (nSPS) is 11.9. The Morgan fingerprint density at radius 2 is 1.64 bits per heavy atom. The molecular weight excluding hydrogens is 274 g/mol. The van der Waals surface area contributed by atoms with Crippen LogP contribution in [0.15, 0.2) is 54.6 Å². The molecule has 0 fully saturated rings. The van der Waals surface area contributed by atoms with Gasteiger partial charge >= 0.3 is 0 Å². The van der Waals surface area contributed by atoms with Crippen LogP contribution in [0, 0.1) is 0 Å². The molecule has 0 aliphatic rings. The minimum atomic E-state index is -0.231. The first-order chi connectivity index (χ1) is 10.7. The van der Waals surface area contributed by atoms with E-state index in [4.69, 9.17) is 5.73 Å². The maximum Gasteiger partial charge on any atom is 0.237 e. The first-order valence-corrected chi connectivity index (χ1v) is 7.49. The molecule has 1 atom stereocenters. The lowest BCUT2D eigenvalue weighted by Gasteiger charge is -2.16. The maximum absolute atomic E-state index is 12.3. The molecule has 0 heterocycles. The van der Waals surface area contributed by atoms with Crippen LogP contribution in [0.5, 0.6) is 0 Å². The van der Waals surface area contributed by atoms with E-state index >= 15 is 0 Å². The number of hydrogen-bond donors (Lipinski definition) is 3. The van der Waals surface area contributed by atoms with Gasteiger partial charge in [-0.2, -0.15) is 0 Å². The fourth-order valence-electron chi connectivity index (χ4n) is 2.28. The molecule has 2 aromatic carbocycles. The Hall–Kier alpha value is -2.17. The van der Waals surface area contributed by atoms with E-state index in [0.717, 1.165) is 16.7 Å². The number of nitrogens with one attached hydrogen (secondary N) is 2. The molecule has 0 radical (unpaired) electrons. The largest absolute Gasteiger partial charge is 0.351 e. The summed E-state index contributed by atoms with van der Waals surface area (Å²) in [6.07, 6.45) is 0.676. The maximum atomic E-state index is 12.3. The van der Waals surface area contributed by atoms with Crippen molar-refractivity contribution in [3.8, 4) is 0 Å². The molecule has 2 rings (SSSR count). The second-order valence-electron chi connectivity index (χ2n) is 5.27. The third kappa shape index (κ3) is 4.69. The van der Waals surface area contributed by atoms with Crippen molar-refractivity contribution < 1.29 is 4.79 Å². The number of likely N-dealkylation sites (N-methyl/N-ethyl adjacent to an activating group) is 1. The van der Waals surface area contributed by atoms with E-state index in [1.165, 1.54) is 0 Å². The van der Waals surface area contributed by atoms with Gasteiger partial charge in [-0.1, -0.05) is 54.6 Å². The van der Waals surface area contributed by atoms with Gasteiger partial charge in [-0.25, -0.2) is 0 Å². The van der Waals surface area contributed by atoms with Gasteiger partial charge in [-0.15, -0.1) is 0 Å². The highest BCUT2D eigenvalue weighted by atomic mass is 16.2. The lowest BCUT2D eigenvalue weighted by atomic mass is 10.1. The zero-order valence-electron chi connectivity index (χ0n) is 12.9. The van der Waals surface area contributed by atoms with Gasteiger partial charge in [0.25, 0.3) is 0 Å². The molecule has 1 amide bonds. The van der Waals surface area contributed by atoms with Crippen LogP contribution in [-0.2, 0) is 24.3 Å². The number of nitrogens with two attached hydrogens (primary N) is 1. The molecule has 4 N–H and O–H groups in total. The number of amides is 1. The van der Waals surface area contributed by atoms with Gasteiger partial charge in [0.1, 0.15) is 0 Å². The number of carbonyl (C=O) groups excluding carboxylic acids is 1. The summed E-state index contributed by atoms with van der Waals surface area (Å²) in [6.45, 7) is 1.06. The van der Waals surface area contributed by atoms with Crippen LogP contribution in [-0.4, -0.2) is 19.0 Å². The van der Waals surface area contributed by atoms with Crippen molar-refractivity contribution >= 4 is 5.91 Å². The smallest absolute Gasteiger partial charge is 0.237 e. The summed E-state index contributed by atoms with van der Waals surface area (Å²) in [5.74, 6) is 0.00857. The summed E-state index contributed by atoms with van der Waals surface area (Å²) in [5.41, 5.74) is 8.88. The first-order valence-electron chi connectivity index (χ1n) is 7.49. The van der Waals surface area contributed by atoms with Crippen molar-refractivity contribution in [2.45, 2.75) is 25.6 Å². The zero-order valence-corrected chi connectivity index (χ0v) is 12.9. The van der Waals surface area contributed by atoms with E-state index in [9.17, 15) is 4.79 Å². The second-order valence-corrected chi connectivity index (χ2v) is 5.27. The average Bonchev–Trinajstić information content (AvgIpc) is 2.59. The summed E-state index contributed by atoms with van der Waals surface area (Å²) in [6, 6.07) is 17.7. The van der Waals surface area contributed by atoms with Gasteiger partial charge in [0.2, 0.25) is 5.91 Å². The van der Waals surface area contributed by atoms with Crippen LogP contribution in [0.4, 0.5) is 0 Å². The molecule has 0 spiro atoms. The molecule has 22 heavy (non-hydrogen) atoms. The minimum Gasteiger partial charge on any atom is -0.351 e. The molecule has 0 bridgehead atoms. The molecular formula is C18H23N3O. The summed E-state index contributed by atoms with van der Waals surface area (Å²) < 4.78 is 0. The molecule has 2 aromatic rings. The van der Waals surface area contributed by atoms with E-state index in [1.807, 2.05) is 61.6 Å². The molecule has 0 aromatic heterocycles. The second kappa shape index (κ2) is 8.32. The standard InChI is InChI=1S/C18H23N3O/c1-20-17(11-14-5-3-2-4-6-14)18(22)21-13-16-9-7-15(12-19)8-10-16/h2-10,17,20H,11-13,19H2,1H3,(H,21,22)/t17-/m0/s1. The number of carbonyl (C=O) groups is 1. The predicted octanol–water partition coefficient (Wildman–Crippen LogP) is 1.59. The summed E-state index contributed by atoms with van der Waals surface area (Å²) in [5, 5.41) is 6.05. The van der Waals surface area contributed by atoms with Crippen LogP contribution >= 0.6 is 0 Å². The van der Waals surface area contributed by atoms with Gasteiger partial charge in [0, 0.05) is 13.1 Å². The fourth-order valence-corrected chi connectivity index (χ4v) is 2.28. The monoisotopic (exact) mass is 297 g/mol. The minimum absolute atomic E-state index is 0.00857. The summed E-state index contributed by atoms with van der Waals surface area (Å²) >= 11 is 0. The first kappa shape index (κ1) is 16.2. The van der Waals surface area contributed by atoms with E-state index in [1.54, 1.807) is 0 Å². The topological polar surface area (TPSA) is 67.2 Å². The van der Waals surface area contributed by atoms with E-state index in [2.05, 4.69) is 10.6 Å². The Morgan fingerprint density at radius 1 is 1.00 bits per heavy atom. The fraction of sp³-hybridized carbons (Fsp3) is 0.278. The highest BCUT2D eigenvalue weighted by Crippen LogP contribution is 2.05. The van der Waals surface area contributed by atoms with Crippen LogP contribution in [0.1, 0.15) is 16.7 Å². The van der Waals surface area contributed by atoms with E-state index in [0.29, 0.717) is 19.5 Å². The van der Waals surface area contributed by atoms with E-state index < -0.39 is 0 Å². The summed E-state index contributed by atoms with van der Waals surface area (Å²) in [4.78, 5) is 12.3. The third-order valence-electron chi connectivity index (χ3n) is 3.67. The van der Waals surface area contributed by atoms with Crippen molar-refractivity contribution in [1.82, 2.24) is 10.6 Å². The highest BCUT2D eigenvalue weighted by molar-refractivity contribution is 5.82. The molecule has 0 aliphatic heterocycles. The van der Waals surface area contributed by atoms with Gasteiger partial charge in [-0.05, 0) is 30.2 Å². The van der Waals surface area contributed by atoms with Gasteiger partial charge < -0.3 is 16.4 Å². The third-order valence-corrected chi connectivity index (χ3v) is 3.67. The van der Waals surface area contributed by atoms with Crippen LogP contribution in [0.25, 0.3) is 0 Å². The van der Waals surface area contributed by atoms with E-state index in [-0.39, 0.29) is 11.9 Å². The quantitative estimate of drug-likeness (QED) is 0.727. The zero-order chi connectivity index (χ0) is 15.8.